The number of aromatic amines is 1. The third kappa shape index (κ3) is 6.12. The van der Waals surface area contributed by atoms with Crippen LogP contribution in [0.1, 0.15) is 43.5 Å². The maximum Gasteiger partial charge on any atom is 0.332 e. The van der Waals surface area contributed by atoms with Crippen molar-refractivity contribution < 1.29 is 19.1 Å². The summed E-state index contributed by atoms with van der Waals surface area (Å²) in [7, 11) is 1.08. The van der Waals surface area contributed by atoms with E-state index in [0.717, 1.165) is 18.2 Å². The lowest BCUT2D eigenvalue weighted by atomic mass is 9.84. The van der Waals surface area contributed by atoms with Crippen LogP contribution in [0.4, 0.5) is 10.5 Å². The molecule has 0 unspecified atom stereocenters. The molecule has 0 radical (unpaired) electrons. The smallest absolute Gasteiger partial charge is 0.332 e. The van der Waals surface area contributed by atoms with E-state index >= 15 is 0 Å². The number of amides is 3. The zero-order valence-electron chi connectivity index (χ0n) is 20.9. The Kier molecular flexibility index (Phi) is 7.97. The fraction of sp³-hybridized carbons (Fsp3) is 0.280. The first-order chi connectivity index (χ1) is 17.3. The van der Waals surface area contributed by atoms with Crippen molar-refractivity contribution in [2.24, 2.45) is 10.8 Å². The van der Waals surface area contributed by atoms with Crippen LogP contribution in [0.5, 0.6) is 0 Å². The highest BCUT2D eigenvalue weighted by molar-refractivity contribution is 6.48. The minimum atomic E-state index is -1.71. The Balaban J connectivity index is 2.20. The quantitative estimate of drug-likeness (QED) is 0.218. The maximum absolute atomic E-state index is 13.6. The summed E-state index contributed by atoms with van der Waals surface area (Å²) in [6.45, 7) is 7.73. The Morgan fingerprint density at radius 1 is 1.19 bits per heavy atom. The first-order valence-electron chi connectivity index (χ1n) is 11.1. The first-order valence-corrected chi connectivity index (χ1v) is 11.5. The van der Waals surface area contributed by atoms with Crippen molar-refractivity contribution in [1.82, 2.24) is 15.4 Å². The molecule has 0 aliphatic heterocycles. The van der Waals surface area contributed by atoms with Gasteiger partial charge >= 0.3 is 12.0 Å². The van der Waals surface area contributed by atoms with Gasteiger partial charge in [-0.25, -0.2) is 15.2 Å². The van der Waals surface area contributed by atoms with E-state index in [1.165, 1.54) is 12.1 Å². The van der Waals surface area contributed by atoms with Crippen molar-refractivity contribution in [2.45, 2.75) is 39.0 Å². The molecule has 0 saturated heterocycles. The van der Waals surface area contributed by atoms with Crippen LogP contribution < -0.4 is 22.0 Å². The molecule has 11 nitrogen and oxygen atoms in total. The summed E-state index contributed by atoms with van der Waals surface area (Å²) in [6.07, 6.45) is 0. The van der Waals surface area contributed by atoms with Gasteiger partial charge in [0.1, 0.15) is 11.4 Å². The number of nitrogens with two attached hydrogens (primary N) is 1. The fourth-order valence-corrected chi connectivity index (χ4v) is 3.91. The minimum absolute atomic E-state index is 0.296. The molecule has 12 heteroatoms. The zero-order valence-corrected chi connectivity index (χ0v) is 21.7. The number of carbonyl (C=O) groups excluding carboxylic acids is 3. The number of anilines is 1. The number of primary amides is 1. The number of rotatable bonds is 6. The fourth-order valence-electron chi connectivity index (χ4n) is 3.74. The van der Waals surface area contributed by atoms with Crippen molar-refractivity contribution in [3.63, 3.8) is 0 Å². The Morgan fingerprint density at radius 2 is 1.89 bits per heavy atom. The number of nitrogens with one attached hydrogen (secondary N) is 3. The number of para-hydroxylation sites is 1. The van der Waals surface area contributed by atoms with Crippen molar-refractivity contribution in [2.75, 3.05) is 12.4 Å². The second-order valence-electron chi connectivity index (χ2n) is 9.24. The Bertz CT molecular complexity index is 1470. The molecular weight excluding hydrogens is 500 g/mol. The lowest BCUT2D eigenvalue weighted by Crippen LogP contribution is -2.40. The molecule has 0 aliphatic carbocycles. The Labute approximate surface area is 217 Å². The van der Waals surface area contributed by atoms with Gasteiger partial charge < -0.3 is 20.8 Å². The lowest BCUT2D eigenvalue weighted by Gasteiger charge is -2.25. The molecule has 2 aromatic carbocycles. The second kappa shape index (κ2) is 10.8. The SMILES string of the molecule is COC(=O)[C@H](/C(=N/NC(N)=O)C(=O)Nc1c(C)cccc1C(C)(C)C)c1nc2ccc(Cl)cc2[nH]c1=O. The summed E-state index contributed by atoms with van der Waals surface area (Å²) in [4.78, 5) is 57.9. The summed E-state index contributed by atoms with van der Waals surface area (Å²) in [6, 6.07) is 9.01. The van der Waals surface area contributed by atoms with E-state index in [-0.39, 0.29) is 11.1 Å². The van der Waals surface area contributed by atoms with Crippen molar-refractivity contribution in [1.29, 1.82) is 0 Å². The molecule has 3 aromatic rings. The number of nitrogens with zero attached hydrogens (tertiary/aromatic N) is 2. The molecule has 194 valence electrons. The van der Waals surface area contributed by atoms with E-state index in [1.807, 2.05) is 51.3 Å². The molecule has 0 spiro atoms. The van der Waals surface area contributed by atoms with Gasteiger partial charge in [-0.2, -0.15) is 5.10 Å². The molecule has 1 atom stereocenters. The predicted octanol–water partition coefficient (Wildman–Crippen LogP) is 3.10. The van der Waals surface area contributed by atoms with Crippen LogP contribution in [0.25, 0.3) is 11.0 Å². The van der Waals surface area contributed by atoms with Crippen LogP contribution in [-0.4, -0.2) is 40.7 Å². The highest BCUT2D eigenvalue weighted by Gasteiger charge is 2.37. The summed E-state index contributed by atoms with van der Waals surface area (Å²) in [5.74, 6) is -3.59. The number of aromatic nitrogens is 2. The maximum atomic E-state index is 13.6. The van der Waals surface area contributed by atoms with Crippen LogP contribution in [0.15, 0.2) is 46.3 Å². The van der Waals surface area contributed by atoms with Gasteiger partial charge in [-0.15, -0.1) is 0 Å². The van der Waals surface area contributed by atoms with E-state index < -0.39 is 35.1 Å². The van der Waals surface area contributed by atoms with Crippen molar-refractivity contribution in [3.8, 4) is 0 Å². The van der Waals surface area contributed by atoms with E-state index in [0.29, 0.717) is 21.7 Å². The van der Waals surface area contributed by atoms with Gasteiger partial charge in [-0.1, -0.05) is 50.6 Å². The zero-order chi connectivity index (χ0) is 27.5. The van der Waals surface area contributed by atoms with Crippen LogP contribution in [0.3, 0.4) is 0 Å². The molecule has 0 aliphatic rings. The molecule has 0 fully saturated rings. The third-order valence-corrected chi connectivity index (χ3v) is 5.74. The number of fused-ring (bicyclic) bond motifs is 1. The third-order valence-electron chi connectivity index (χ3n) is 5.50. The molecule has 3 amide bonds. The van der Waals surface area contributed by atoms with Crippen LogP contribution in [0.2, 0.25) is 5.02 Å². The largest absolute Gasteiger partial charge is 0.468 e. The molecule has 3 rings (SSSR count). The van der Waals surface area contributed by atoms with Gasteiger partial charge in [0, 0.05) is 10.7 Å². The van der Waals surface area contributed by atoms with Gasteiger partial charge in [0.05, 0.1) is 18.1 Å². The highest BCUT2D eigenvalue weighted by atomic mass is 35.5. The number of benzene rings is 2. The lowest BCUT2D eigenvalue weighted by molar-refractivity contribution is -0.141. The second-order valence-corrected chi connectivity index (χ2v) is 9.68. The number of ether oxygens (including phenoxy) is 1. The average molecular weight is 527 g/mol. The Hall–Kier alpha value is -4.25. The number of hydrogen-bond donors (Lipinski definition) is 4. The van der Waals surface area contributed by atoms with Gasteiger partial charge in [0.15, 0.2) is 5.92 Å². The number of halogens is 1. The van der Waals surface area contributed by atoms with E-state index in [4.69, 9.17) is 22.1 Å². The predicted molar refractivity (Wildman–Crippen MR) is 141 cm³/mol. The van der Waals surface area contributed by atoms with E-state index in [9.17, 15) is 19.2 Å². The number of aryl methyl sites for hydroxylation is 1. The average Bonchev–Trinajstić information content (AvgIpc) is 2.81. The van der Waals surface area contributed by atoms with Gasteiger partial charge in [-0.3, -0.25) is 14.4 Å². The molecule has 37 heavy (non-hydrogen) atoms. The molecule has 0 bridgehead atoms. The van der Waals surface area contributed by atoms with Crippen LogP contribution in [0, 0.1) is 6.92 Å². The number of esters is 1. The van der Waals surface area contributed by atoms with Crippen LogP contribution >= 0.6 is 11.6 Å². The van der Waals surface area contributed by atoms with Crippen LogP contribution in [-0.2, 0) is 19.7 Å². The number of hydrazone groups is 1. The number of carbonyl (C=O) groups is 3. The summed E-state index contributed by atoms with van der Waals surface area (Å²) in [5, 5.41) is 6.93. The van der Waals surface area contributed by atoms with Gasteiger partial charge in [0.2, 0.25) is 0 Å². The number of hydrogen-bond acceptors (Lipinski definition) is 7. The molecule has 0 saturated carbocycles. The molecule has 1 heterocycles. The Morgan fingerprint density at radius 3 is 2.51 bits per heavy atom. The highest BCUT2D eigenvalue weighted by Crippen LogP contribution is 2.32. The number of methoxy groups -OCH3 is 1. The summed E-state index contributed by atoms with van der Waals surface area (Å²) >= 11 is 6.00. The normalized spacial score (nSPS) is 12.6. The van der Waals surface area contributed by atoms with E-state index in [1.54, 1.807) is 6.07 Å². The van der Waals surface area contributed by atoms with Gasteiger partial charge in [0.25, 0.3) is 11.5 Å². The van der Waals surface area contributed by atoms with Crippen molar-refractivity contribution >= 4 is 51.9 Å². The number of urea groups is 1. The standard InChI is InChI=1S/C25H27ClN6O5/c1-12-7-6-8-14(25(2,3)4)18(12)30-22(34)20(31-32-24(27)36)17(23(35)37-5)19-21(33)29-16-11-13(26)9-10-15(16)28-19/h6-11,17H,1-5H3,(H,29,33)(H,30,34)(H3,27,32,36)/b31-20-/t17-/m0/s1. The minimum Gasteiger partial charge on any atom is -0.468 e. The number of H-pyrrole nitrogens is 1. The topological polar surface area (TPSA) is 169 Å². The molecular formula is C25H27ClN6O5. The summed E-state index contributed by atoms with van der Waals surface area (Å²) in [5.41, 5.74) is 7.74. The van der Waals surface area contributed by atoms with E-state index in [2.05, 4.69) is 20.4 Å². The summed E-state index contributed by atoms with van der Waals surface area (Å²) < 4.78 is 4.89. The first kappa shape index (κ1) is 27.3. The van der Waals surface area contributed by atoms with Gasteiger partial charge in [-0.05, 0) is 41.7 Å². The van der Waals surface area contributed by atoms with Crippen molar-refractivity contribution in [3.05, 3.63) is 68.6 Å². The molecule has 1 aromatic heterocycles. The monoisotopic (exact) mass is 526 g/mol. The molecule has 5 N–H and O–H groups in total.